The summed E-state index contributed by atoms with van der Waals surface area (Å²) in [6, 6.07) is 21.3. The molecular formula is C26H19ClN8O3S2. The minimum absolute atomic E-state index is 0.00293. The van der Waals surface area contributed by atoms with Gasteiger partial charge >= 0.3 is 0 Å². The molecule has 0 fully saturated rings. The largest absolute Gasteiger partial charge is 0.383 e. The van der Waals surface area contributed by atoms with Crippen LogP contribution in [0, 0.1) is 22.7 Å². The molecule has 4 rings (SSSR count). The Morgan fingerprint density at radius 3 is 2.27 bits per heavy atom. The third-order valence-electron chi connectivity index (χ3n) is 5.44. The number of benzene rings is 2. The molecule has 0 spiro atoms. The highest BCUT2D eigenvalue weighted by molar-refractivity contribution is 8.00. The molecule has 0 aliphatic rings. The van der Waals surface area contributed by atoms with Gasteiger partial charge in [-0.05, 0) is 48.9 Å². The highest BCUT2D eigenvalue weighted by Crippen LogP contribution is 2.37. The zero-order valence-electron chi connectivity index (χ0n) is 20.7. The van der Waals surface area contributed by atoms with E-state index < -0.39 is 21.2 Å². The van der Waals surface area contributed by atoms with E-state index in [1.165, 1.54) is 36.4 Å². The Morgan fingerprint density at radius 1 is 1.00 bits per heavy atom. The number of anilines is 3. The molecule has 0 aliphatic carbocycles. The Bertz CT molecular complexity index is 1750. The molecular weight excluding hydrogens is 572 g/mol. The number of rotatable bonds is 8. The van der Waals surface area contributed by atoms with Crippen molar-refractivity contribution < 1.29 is 13.2 Å². The monoisotopic (exact) mass is 590 g/mol. The molecule has 2 aromatic carbocycles. The lowest BCUT2D eigenvalue weighted by molar-refractivity contribution is -0.115. The topological polar surface area (TPSA) is 188 Å². The van der Waals surface area contributed by atoms with Crippen LogP contribution in [0.2, 0.25) is 5.15 Å². The van der Waals surface area contributed by atoms with Gasteiger partial charge in [-0.25, -0.2) is 13.4 Å². The maximum atomic E-state index is 12.9. The molecule has 2 aromatic heterocycles. The van der Waals surface area contributed by atoms with E-state index in [1.54, 1.807) is 37.3 Å². The maximum Gasteiger partial charge on any atom is 0.263 e. The number of thioether (sulfide) groups is 1. The van der Waals surface area contributed by atoms with E-state index in [-0.39, 0.29) is 37.8 Å². The minimum atomic E-state index is -3.96. The predicted molar refractivity (Wildman–Crippen MR) is 152 cm³/mol. The fourth-order valence-electron chi connectivity index (χ4n) is 3.53. The van der Waals surface area contributed by atoms with E-state index in [2.05, 4.69) is 31.3 Å². The van der Waals surface area contributed by atoms with Crippen molar-refractivity contribution >= 4 is 56.6 Å². The van der Waals surface area contributed by atoms with E-state index in [4.69, 9.17) is 17.3 Å². The van der Waals surface area contributed by atoms with E-state index in [0.29, 0.717) is 16.8 Å². The number of hydrogen-bond acceptors (Lipinski definition) is 10. The number of nitriles is 2. The van der Waals surface area contributed by atoms with Crippen molar-refractivity contribution in [1.29, 1.82) is 10.5 Å². The normalized spacial score (nSPS) is 11.6. The molecule has 0 bridgehead atoms. The number of nitrogens with zero attached hydrogens (tertiary/aromatic N) is 5. The summed E-state index contributed by atoms with van der Waals surface area (Å²) in [5, 5.41) is 29.2. The first-order chi connectivity index (χ1) is 19.1. The fourth-order valence-corrected chi connectivity index (χ4v) is 5.54. The molecule has 4 aromatic rings. The Kier molecular flexibility index (Phi) is 8.50. The number of halogens is 1. The van der Waals surface area contributed by atoms with Crippen LogP contribution >= 0.6 is 23.4 Å². The molecule has 2 heterocycles. The van der Waals surface area contributed by atoms with Gasteiger partial charge in [-0.1, -0.05) is 53.7 Å². The van der Waals surface area contributed by atoms with Gasteiger partial charge in [0.15, 0.2) is 11.0 Å². The third kappa shape index (κ3) is 6.30. The second kappa shape index (κ2) is 12.0. The Labute approximate surface area is 239 Å². The summed E-state index contributed by atoms with van der Waals surface area (Å²) in [6.07, 6.45) is 0. The van der Waals surface area contributed by atoms with Crippen LogP contribution in [0.3, 0.4) is 0 Å². The lowest BCUT2D eigenvalue weighted by atomic mass is 9.97. The number of hydrogen-bond donors (Lipinski definition) is 3. The second-order valence-electron chi connectivity index (χ2n) is 8.14. The first kappa shape index (κ1) is 28.3. The van der Waals surface area contributed by atoms with Crippen LogP contribution in [-0.4, -0.2) is 34.8 Å². The van der Waals surface area contributed by atoms with Gasteiger partial charge in [-0.15, -0.1) is 10.2 Å². The lowest BCUT2D eigenvalue weighted by Crippen LogP contribution is -2.23. The molecule has 4 N–H and O–H groups in total. The van der Waals surface area contributed by atoms with E-state index in [0.717, 1.165) is 11.8 Å². The predicted octanol–water partition coefficient (Wildman–Crippen LogP) is 4.44. The molecule has 1 amide bonds. The summed E-state index contributed by atoms with van der Waals surface area (Å²) in [5.41, 5.74) is 7.58. The smallest absolute Gasteiger partial charge is 0.263 e. The lowest BCUT2D eigenvalue weighted by Gasteiger charge is -2.16. The fraction of sp³-hybridized carbons (Fsp3) is 0.0769. The Morgan fingerprint density at radius 2 is 1.68 bits per heavy atom. The number of amides is 1. The number of nitrogens with one attached hydrogen (secondary N) is 2. The Hall–Kier alpha value is -4.69. The highest BCUT2D eigenvalue weighted by Gasteiger charge is 2.24. The average Bonchev–Trinajstić information content (AvgIpc) is 2.94. The summed E-state index contributed by atoms with van der Waals surface area (Å²) in [4.78, 5) is 17.1. The second-order valence-corrected chi connectivity index (χ2v) is 11.5. The van der Waals surface area contributed by atoms with Crippen molar-refractivity contribution in [2.75, 3.05) is 15.8 Å². The van der Waals surface area contributed by atoms with Crippen LogP contribution in [0.15, 0.2) is 76.7 Å². The van der Waals surface area contributed by atoms with E-state index in [1.807, 2.05) is 6.07 Å². The van der Waals surface area contributed by atoms with Crippen LogP contribution in [0.1, 0.15) is 18.1 Å². The summed E-state index contributed by atoms with van der Waals surface area (Å²) >= 11 is 6.68. The van der Waals surface area contributed by atoms with Crippen LogP contribution < -0.4 is 15.8 Å². The van der Waals surface area contributed by atoms with Gasteiger partial charge in [0, 0.05) is 11.3 Å². The maximum absolute atomic E-state index is 12.9. The number of pyridine rings is 1. The molecule has 11 nitrogen and oxygen atoms in total. The number of sulfonamides is 1. The number of nitrogens with two attached hydrogens (primary N) is 1. The van der Waals surface area contributed by atoms with Gasteiger partial charge in [-0.2, -0.15) is 10.5 Å². The molecule has 200 valence electrons. The van der Waals surface area contributed by atoms with Crippen molar-refractivity contribution in [3.8, 4) is 23.3 Å². The summed E-state index contributed by atoms with van der Waals surface area (Å²) in [5.74, 6) is -0.479. The zero-order valence-corrected chi connectivity index (χ0v) is 23.0. The number of carbonyl (C=O) groups excluding carboxylic acids is 1. The molecule has 0 radical (unpaired) electrons. The van der Waals surface area contributed by atoms with Crippen LogP contribution in [0.5, 0.6) is 0 Å². The third-order valence-corrected chi connectivity index (χ3v) is 8.10. The number of aromatic nitrogens is 3. The molecule has 0 saturated heterocycles. The van der Waals surface area contributed by atoms with Crippen molar-refractivity contribution in [1.82, 2.24) is 15.2 Å². The SMILES string of the molecule is CC(Sc1nc(N)c(C#N)c(-c2ccccc2)c1C#N)C(=O)Nc1ccc(S(=O)(=O)Nc2ccc(Cl)nn2)cc1. The molecule has 40 heavy (non-hydrogen) atoms. The van der Waals surface area contributed by atoms with Gasteiger partial charge in [0.2, 0.25) is 5.91 Å². The van der Waals surface area contributed by atoms with Crippen molar-refractivity contribution in [3.63, 3.8) is 0 Å². The van der Waals surface area contributed by atoms with Crippen molar-refractivity contribution in [3.05, 3.63) is 83.0 Å². The van der Waals surface area contributed by atoms with Gasteiger partial charge in [-0.3, -0.25) is 9.52 Å². The zero-order chi connectivity index (χ0) is 28.9. The molecule has 1 unspecified atom stereocenters. The summed E-state index contributed by atoms with van der Waals surface area (Å²) < 4.78 is 27.6. The standard InChI is InChI=1S/C26H19ClN8O3S2/c1-15(39-26-20(14-29)23(16-5-3-2-4-6-16)19(13-28)24(30)32-26)25(36)31-17-7-9-18(10-8-17)40(37,38)35-22-12-11-21(27)33-34-22/h2-12,15H,1H3,(H2,30,32)(H,31,36)(H,34,35). The van der Waals surface area contributed by atoms with Crippen LogP contribution in [-0.2, 0) is 14.8 Å². The van der Waals surface area contributed by atoms with E-state index >= 15 is 0 Å². The quantitative estimate of drug-likeness (QED) is 0.247. The molecule has 0 aliphatic heterocycles. The first-order valence-corrected chi connectivity index (χ1v) is 14.2. The summed E-state index contributed by atoms with van der Waals surface area (Å²) in [6.45, 7) is 1.62. The van der Waals surface area contributed by atoms with Gasteiger partial charge in [0.05, 0.1) is 15.7 Å². The molecule has 0 saturated carbocycles. The minimum Gasteiger partial charge on any atom is -0.383 e. The van der Waals surface area contributed by atoms with E-state index in [9.17, 15) is 23.7 Å². The number of nitrogen functional groups attached to an aromatic ring is 1. The van der Waals surface area contributed by atoms with Crippen molar-refractivity contribution in [2.45, 2.75) is 22.1 Å². The van der Waals surface area contributed by atoms with Gasteiger partial charge in [0.25, 0.3) is 10.0 Å². The number of carbonyl (C=O) groups is 1. The van der Waals surface area contributed by atoms with Gasteiger partial charge < -0.3 is 11.1 Å². The molecule has 1 atom stereocenters. The van der Waals surface area contributed by atoms with Crippen LogP contribution in [0.25, 0.3) is 11.1 Å². The average molecular weight is 591 g/mol. The van der Waals surface area contributed by atoms with Crippen LogP contribution in [0.4, 0.5) is 17.3 Å². The first-order valence-electron chi connectivity index (χ1n) is 11.4. The van der Waals surface area contributed by atoms with Crippen molar-refractivity contribution in [2.24, 2.45) is 0 Å². The summed E-state index contributed by atoms with van der Waals surface area (Å²) in [7, 11) is -3.96. The highest BCUT2D eigenvalue weighted by atomic mass is 35.5. The van der Waals surface area contributed by atoms with Gasteiger partial charge in [0.1, 0.15) is 28.5 Å². The Balaban J connectivity index is 1.51. The molecule has 14 heteroatoms.